The van der Waals surface area contributed by atoms with Gasteiger partial charge in [-0.3, -0.25) is 5.01 Å². The van der Waals surface area contributed by atoms with Gasteiger partial charge >= 0.3 is 0 Å². The van der Waals surface area contributed by atoms with Crippen LogP contribution in [0.25, 0.3) is 0 Å². The van der Waals surface area contributed by atoms with Gasteiger partial charge < -0.3 is 0 Å². The lowest BCUT2D eigenvalue weighted by atomic mass is 10.1. The first-order chi connectivity index (χ1) is 8.20. The second-order valence-electron chi connectivity index (χ2n) is 4.28. The second kappa shape index (κ2) is 5.43. The molecule has 90 valence electrons. The van der Waals surface area contributed by atoms with Gasteiger partial charge in [0.05, 0.1) is 4.47 Å². The van der Waals surface area contributed by atoms with Crippen molar-refractivity contribution in [1.82, 2.24) is 9.97 Å². The van der Waals surface area contributed by atoms with Crippen LogP contribution in [0.1, 0.15) is 31.5 Å². The van der Waals surface area contributed by atoms with E-state index in [4.69, 9.17) is 11.1 Å². The van der Waals surface area contributed by atoms with Crippen molar-refractivity contribution in [2.24, 2.45) is 11.8 Å². The largest absolute Gasteiger partial charge is 0.294 e. The third-order valence-electron chi connectivity index (χ3n) is 3.03. The van der Waals surface area contributed by atoms with Crippen LogP contribution >= 0.6 is 15.9 Å². The van der Waals surface area contributed by atoms with E-state index in [9.17, 15) is 0 Å². The van der Waals surface area contributed by atoms with Crippen LogP contribution in [-0.4, -0.2) is 16.5 Å². The molecule has 0 amide bonds. The highest BCUT2D eigenvalue weighted by molar-refractivity contribution is 9.10. The van der Waals surface area contributed by atoms with E-state index < -0.39 is 0 Å². The van der Waals surface area contributed by atoms with Crippen LogP contribution in [0, 0.1) is 17.2 Å². The molecule has 0 bridgehead atoms. The predicted molar refractivity (Wildman–Crippen MR) is 67.9 cm³/mol. The lowest BCUT2D eigenvalue weighted by Crippen LogP contribution is -2.36. The molecule has 1 heterocycles. The van der Waals surface area contributed by atoms with Gasteiger partial charge in [0, 0.05) is 12.7 Å². The number of nitrogens with two attached hydrogens (primary N) is 1. The summed E-state index contributed by atoms with van der Waals surface area (Å²) in [6.45, 7) is 0.778. The fraction of sp³-hybridized carbons (Fsp3) is 0.545. The Kier molecular flexibility index (Phi) is 3.92. The fourth-order valence-corrected chi connectivity index (χ4v) is 2.59. The zero-order chi connectivity index (χ0) is 12.3. The van der Waals surface area contributed by atoms with Crippen molar-refractivity contribution in [2.45, 2.75) is 25.7 Å². The van der Waals surface area contributed by atoms with E-state index in [1.54, 1.807) is 11.2 Å². The Morgan fingerprint density at radius 3 is 2.88 bits per heavy atom. The molecule has 0 unspecified atom stereocenters. The highest BCUT2D eigenvalue weighted by Gasteiger charge is 2.19. The summed E-state index contributed by atoms with van der Waals surface area (Å²) >= 11 is 3.35. The number of halogens is 1. The molecule has 0 spiro atoms. The molecule has 1 aliphatic rings. The smallest absolute Gasteiger partial charge is 0.234 e. The molecule has 1 aliphatic carbocycles. The minimum Gasteiger partial charge on any atom is -0.294 e. The van der Waals surface area contributed by atoms with Crippen LogP contribution < -0.4 is 10.9 Å². The van der Waals surface area contributed by atoms with Gasteiger partial charge in [0.25, 0.3) is 0 Å². The zero-order valence-electron chi connectivity index (χ0n) is 9.43. The molecule has 5 nitrogen and oxygen atoms in total. The molecule has 6 heteroatoms. The molecule has 0 aliphatic heterocycles. The number of hydrazine groups is 1. The molecule has 2 rings (SSSR count). The first-order valence-electron chi connectivity index (χ1n) is 5.65. The van der Waals surface area contributed by atoms with E-state index in [0.717, 1.165) is 11.0 Å². The average Bonchev–Trinajstić information content (AvgIpc) is 2.82. The molecule has 0 aromatic carbocycles. The lowest BCUT2D eigenvalue weighted by Gasteiger charge is -2.22. The van der Waals surface area contributed by atoms with E-state index in [1.807, 2.05) is 6.07 Å². The lowest BCUT2D eigenvalue weighted by molar-refractivity contribution is 0.533. The van der Waals surface area contributed by atoms with Crippen LogP contribution in [0.2, 0.25) is 0 Å². The van der Waals surface area contributed by atoms with Gasteiger partial charge in [0.1, 0.15) is 6.07 Å². The summed E-state index contributed by atoms with van der Waals surface area (Å²) in [7, 11) is 0. The number of aromatic nitrogens is 2. The molecule has 0 radical (unpaired) electrons. The number of hydrogen-bond acceptors (Lipinski definition) is 5. The summed E-state index contributed by atoms with van der Waals surface area (Å²) in [5.41, 5.74) is 0. The summed E-state index contributed by atoms with van der Waals surface area (Å²) < 4.78 is 0.719. The van der Waals surface area contributed by atoms with Crippen LogP contribution in [0.5, 0.6) is 0 Å². The normalized spacial score (nSPS) is 15.8. The highest BCUT2D eigenvalue weighted by Crippen LogP contribution is 2.28. The molecule has 1 aromatic rings. The molecule has 17 heavy (non-hydrogen) atoms. The van der Waals surface area contributed by atoms with Crippen LogP contribution in [0.3, 0.4) is 0 Å². The van der Waals surface area contributed by atoms with Crippen LogP contribution in [-0.2, 0) is 0 Å². The van der Waals surface area contributed by atoms with E-state index >= 15 is 0 Å². The second-order valence-corrected chi connectivity index (χ2v) is 5.13. The molecular weight excluding hydrogens is 282 g/mol. The Morgan fingerprint density at radius 1 is 1.53 bits per heavy atom. The third-order valence-corrected chi connectivity index (χ3v) is 3.59. The maximum absolute atomic E-state index is 8.77. The molecule has 1 aromatic heterocycles. The van der Waals surface area contributed by atoms with E-state index in [0.29, 0.717) is 11.7 Å². The van der Waals surface area contributed by atoms with Crippen molar-refractivity contribution in [1.29, 1.82) is 5.26 Å². The monoisotopic (exact) mass is 295 g/mol. The maximum atomic E-state index is 8.77. The zero-order valence-corrected chi connectivity index (χ0v) is 11.0. The minimum atomic E-state index is 0.144. The van der Waals surface area contributed by atoms with E-state index in [1.165, 1.54) is 25.7 Å². The van der Waals surface area contributed by atoms with Crippen molar-refractivity contribution in [3.8, 4) is 6.07 Å². The standard InChI is InChI=1S/C11H14BrN5/c12-9-6-15-10(5-13)16-11(9)17(14)7-8-3-1-2-4-8/h6,8H,1-4,7,14H2. The first kappa shape index (κ1) is 12.3. The van der Waals surface area contributed by atoms with Gasteiger partial charge in [-0.1, -0.05) is 12.8 Å². The quantitative estimate of drug-likeness (QED) is 0.681. The average molecular weight is 296 g/mol. The Hall–Kier alpha value is -1.19. The summed E-state index contributed by atoms with van der Waals surface area (Å²) in [5.74, 6) is 7.36. The summed E-state index contributed by atoms with van der Waals surface area (Å²) in [6, 6.07) is 1.92. The van der Waals surface area contributed by atoms with Gasteiger partial charge in [-0.15, -0.1) is 0 Å². The third kappa shape index (κ3) is 2.93. The minimum absolute atomic E-state index is 0.144. The fourth-order valence-electron chi connectivity index (χ4n) is 2.17. The Labute approximate surface area is 109 Å². The maximum Gasteiger partial charge on any atom is 0.234 e. The van der Waals surface area contributed by atoms with Crippen LogP contribution in [0.15, 0.2) is 10.7 Å². The van der Waals surface area contributed by atoms with Gasteiger partial charge in [0.2, 0.25) is 5.82 Å². The first-order valence-corrected chi connectivity index (χ1v) is 6.45. The number of hydrogen-bond donors (Lipinski definition) is 1. The van der Waals surface area contributed by atoms with Crippen molar-refractivity contribution >= 4 is 21.7 Å². The number of nitrogens with zero attached hydrogens (tertiary/aromatic N) is 4. The van der Waals surface area contributed by atoms with Crippen molar-refractivity contribution in [3.63, 3.8) is 0 Å². The summed E-state index contributed by atoms with van der Waals surface area (Å²) in [4.78, 5) is 7.98. The van der Waals surface area contributed by atoms with Crippen molar-refractivity contribution in [2.75, 3.05) is 11.6 Å². The molecule has 0 atom stereocenters. The van der Waals surface area contributed by atoms with E-state index in [2.05, 4.69) is 25.9 Å². The molecule has 1 saturated carbocycles. The van der Waals surface area contributed by atoms with Crippen LogP contribution in [0.4, 0.5) is 5.82 Å². The molecular formula is C11H14BrN5. The Bertz CT molecular complexity index is 436. The van der Waals surface area contributed by atoms with Crippen molar-refractivity contribution < 1.29 is 0 Å². The number of rotatable bonds is 3. The van der Waals surface area contributed by atoms with Gasteiger partial charge in [-0.05, 0) is 34.7 Å². The SMILES string of the molecule is N#Cc1ncc(Br)c(N(N)CC2CCCC2)n1. The van der Waals surface area contributed by atoms with Crippen molar-refractivity contribution in [3.05, 3.63) is 16.5 Å². The Morgan fingerprint density at radius 2 is 2.24 bits per heavy atom. The van der Waals surface area contributed by atoms with Gasteiger partial charge in [0.15, 0.2) is 5.82 Å². The summed E-state index contributed by atoms with van der Waals surface area (Å²) in [5, 5.41) is 10.4. The van der Waals surface area contributed by atoms with Gasteiger partial charge in [-0.25, -0.2) is 10.8 Å². The number of nitriles is 1. The van der Waals surface area contributed by atoms with E-state index in [-0.39, 0.29) is 5.82 Å². The molecule has 0 saturated heterocycles. The predicted octanol–water partition coefficient (Wildman–Crippen LogP) is 1.98. The molecule has 1 fully saturated rings. The molecule has 2 N–H and O–H groups in total. The Balaban J connectivity index is 2.12. The van der Waals surface area contributed by atoms with Gasteiger partial charge in [-0.2, -0.15) is 10.2 Å². The highest BCUT2D eigenvalue weighted by atomic mass is 79.9. The number of anilines is 1. The summed E-state index contributed by atoms with van der Waals surface area (Å²) in [6.07, 6.45) is 6.58. The topological polar surface area (TPSA) is 78.8 Å².